The minimum absolute atomic E-state index is 0.381. The Balaban J connectivity index is 4.44. The fourth-order valence-electron chi connectivity index (χ4n) is 1.01. The highest BCUT2D eigenvalue weighted by molar-refractivity contribution is 5.93. The molecule has 0 heterocycles. The van der Waals surface area contributed by atoms with E-state index in [9.17, 15) is 19.2 Å². The van der Waals surface area contributed by atoms with Gasteiger partial charge in [-0.25, -0.2) is 0 Å². The summed E-state index contributed by atoms with van der Waals surface area (Å²) < 4.78 is 0. The number of hydrogen-bond donors (Lipinski definition) is 5. The van der Waals surface area contributed by atoms with Gasteiger partial charge in [0.15, 0.2) is 0 Å². The molecule has 9 N–H and O–H groups in total. The van der Waals surface area contributed by atoms with Crippen LogP contribution in [-0.2, 0) is 19.2 Å². The first-order valence-electron chi connectivity index (χ1n) is 4.66. The molecule has 0 aliphatic carbocycles. The van der Waals surface area contributed by atoms with E-state index in [0.717, 1.165) is 0 Å². The zero-order valence-corrected chi connectivity index (χ0v) is 9.01. The van der Waals surface area contributed by atoms with Crippen molar-refractivity contribution in [2.45, 2.75) is 24.9 Å². The molecule has 0 spiro atoms. The zero-order chi connectivity index (χ0) is 13.6. The Bertz CT molecular complexity index is 343. The molecule has 9 heteroatoms. The van der Waals surface area contributed by atoms with Crippen molar-refractivity contribution in [1.82, 2.24) is 5.32 Å². The molecular formula is C8H15N5O4. The molecule has 0 rings (SSSR count). The zero-order valence-electron chi connectivity index (χ0n) is 9.01. The average Bonchev–Trinajstić information content (AvgIpc) is 2.14. The van der Waals surface area contributed by atoms with Crippen LogP contribution in [0.5, 0.6) is 0 Å². The smallest absolute Gasteiger partial charge is 0.240 e. The van der Waals surface area contributed by atoms with Crippen molar-refractivity contribution in [2.75, 3.05) is 0 Å². The fourth-order valence-corrected chi connectivity index (χ4v) is 1.01. The minimum Gasteiger partial charge on any atom is -0.370 e. The highest BCUT2D eigenvalue weighted by Crippen LogP contribution is 1.94. The van der Waals surface area contributed by atoms with Crippen LogP contribution in [0.2, 0.25) is 0 Å². The highest BCUT2D eigenvalue weighted by atomic mass is 16.2. The first-order valence-corrected chi connectivity index (χ1v) is 4.66. The molecule has 0 unspecified atom stereocenters. The number of primary amides is 3. The van der Waals surface area contributed by atoms with Gasteiger partial charge in [-0.05, 0) is 0 Å². The summed E-state index contributed by atoms with van der Waals surface area (Å²) in [6.45, 7) is 0. The number of carbonyl (C=O) groups excluding carboxylic acids is 4. The van der Waals surface area contributed by atoms with E-state index in [0.29, 0.717) is 0 Å². The predicted octanol–water partition coefficient (Wildman–Crippen LogP) is -3.97. The summed E-state index contributed by atoms with van der Waals surface area (Å²) in [5, 5.41) is 2.11. The second-order valence-electron chi connectivity index (χ2n) is 3.41. The molecule has 96 valence electrons. The van der Waals surface area contributed by atoms with Crippen LogP contribution in [-0.4, -0.2) is 35.7 Å². The van der Waals surface area contributed by atoms with E-state index in [1.807, 2.05) is 0 Å². The van der Waals surface area contributed by atoms with E-state index in [2.05, 4.69) is 5.32 Å². The lowest BCUT2D eigenvalue weighted by molar-refractivity contribution is -0.131. The Hall–Kier alpha value is -2.16. The van der Waals surface area contributed by atoms with Gasteiger partial charge in [-0.1, -0.05) is 0 Å². The normalized spacial score (nSPS) is 13.5. The summed E-state index contributed by atoms with van der Waals surface area (Å²) in [6, 6.07) is -2.46. The van der Waals surface area contributed by atoms with Crippen molar-refractivity contribution in [2.24, 2.45) is 22.9 Å². The molecule has 4 amide bonds. The molecule has 2 atom stereocenters. The Morgan fingerprint density at radius 2 is 1.41 bits per heavy atom. The van der Waals surface area contributed by atoms with Gasteiger partial charge in [0.1, 0.15) is 6.04 Å². The van der Waals surface area contributed by atoms with Crippen LogP contribution in [0.1, 0.15) is 12.8 Å². The SMILES string of the molecule is NC(=O)C[C@H](NC(=O)[C@@H](N)CC(N)=O)C(N)=O. The third-order valence-corrected chi connectivity index (χ3v) is 1.82. The second-order valence-corrected chi connectivity index (χ2v) is 3.41. The molecule has 17 heavy (non-hydrogen) atoms. The molecule has 0 radical (unpaired) electrons. The van der Waals surface area contributed by atoms with Gasteiger partial charge >= 0.3 is 0 Å². The van der Waals surface area contributed by atoms with Crippen molar-refractivity contribution in [1.29, 1.82) is 0 Å². The highest BCUT2D eigenvalue weighted by Gasteiger charge is 2.24. The van der Waals surface area contributed by atoms with Crippen molar-refractivity contribution >= 4 is 23.6 Å². The van der Waals surface area contributed by atoms with Gasteiger partial charge in [-0.2, -0.15) is 0 Å². The first-order chi connectivity index (χ1) is 7.73. The Morgan fingerprint density at radius 1 is 0.941 bits per heavy atom. The van der Waals surface area contributed by atoms with Crippen LogP contribution in [0.25, 0.3) is 0 Å². The molecule has 0 aromatic carbocycles. The lowest BCUT2D eigenvalue weighted by atomic mass is 10.1. The Labute approximate surface area is 96.8 Å². The maximum Gasteiger partial charge on any atom is 0.240 e. The summed E-state index contributed by atoms with van der Waals surface area (Å²) in [5.41, 5.74) is 20.0. The Morgan fingerprint density at radius 3 is 1.76 bits per heavy atom. The summed E-state index contributed by atoms with van der Waals surface area (Å²) in [7, 11) is 0. The van der Waals surface area contributed by atoms with Crippen molar-refractivity contribution in [3.05, 3.63) is 0 Å². The predicted molar refractivity (Wildman–Crippen MR) is 56.7 cm³/mol. The van der Waals surface area contributed by atoms with Crippen LogP contribution in [0.4, 0.5) is 0 Å². The number of nitrogens with one attached hydrogen (secondary N) is 1. The van der Waals surface area contributed by atoms with E-state index in [-0.39, 0.29) is 6.42 Å². The third-order valence-electron chi connectivity index (χ3n) is 1.82. The van der Waals surface area contributed by atoms with Crippen LogP contribution in [0, 0.1) is 0 Å². The molecule has 0 aliphatic heterocycles. The van der Waals surface area contributed by atoms with Crippen molar-refractivity contribution in [3.8, 4) is 0 Å². The maximum absolute atomic E-state index is 11.4. The molecule has 0 saturated heterocycles. The molecular weight excluding hydrogens is 230 g/mol. The van der Waals surface area contributed by atoms with E-state index < -0.39 is 42.1 Å². The van der Waals surface area contributed by atoms with E-state index in [1.54, 1.807) is 0 Å². The quantitative estimate of drug-likeness (QED) is 0.305. The molecule has 0 fully saturated rings. The number of nitrogens with two attached hydrogens (primary N) is 4. The average molecular weight is 245 g/mol. The summed E-state index contributed by atoms with van der Waals surface area (Å²) in [6.07, 6.45) is -0.821. The molecule has 0 aromatic rings. The van der Waals surface area contributed by atoms with Gasteiger partial charge in [0.2, 0.25) is 23.6 Å². The van der Waals surface area contributed by atoms with Gasteiger partial charge in [0.05, 0.1) is 18.9 Å². The molecule has 0 saturated carbocycles. The van der Waals surface area contributed by atoms with E-state index >= 15 is 0 Å². The largest absolute Gasteiger partial charge is 0.370 e. The lowest BCUT2D eigenvalue weighted by Crippen LogP contribution is -2.52. The van der Waals surface area contributed by atoms with Crippen LogP contribution in [0.3, 0.4) is 0 Å². The maximum atomic E-state index is 11.4. The van der Waals surface area contributed by atoms with Gasteiger partial charge in [-0.15, -0.1) is 0 Å². The molecule has 0 bridgehead atoms. The van der Waals surface area contributed by atoms with E-state index in [4.69, 9.17) is 22.9 Å². The number of carbonyl (C=O) groups is 4. The van der Waals surface area contributed by atoms with E-state index in [1.165, 1.54) is 0 Å². The lowest BCUT2D eigenvalue weighted by Gasteiger charge is -2.16. The summed E-state index contributed by atoms with van der Waals surface area (Å²) in [4.78, 5) is 43.4. The summed E-state index contributed by atoms with van der Waals surface area (Å²) >= 11 is 0. The van der Waals surface area contributed by atoms with Gasteiger partial charge < -0.3 is 28.3 Å². The number of rotatable bonds is 7. The van der Waals surface area contributed by atoms with Crippen LogP contribution >= 0.6 is 0 Å². The standard InChI is InChI=1S/C8H15N5O4/c9-3(1-5(10)14)8(17)13-4(7(12)16)2-6(11)15/h3-4H,1-2,9H2,(H2,10,14)(H2,11,15)(H2,12,16)(H,13,17)/t3-,4-/m0/s1. The number of hydrogen-bond acceptors (Lipinski definition) is 5. The van der Waals surface area contributed by atoms with Crippen molar-refractivity contribution < 1.29 is 19.2 Å². The fraction of sp³-hybridized carbons (Fsp3) is 0.500. The third kappa shape index (κ3) is 6.10. The minimum atomic E-state index is -1.25. The van der Waals surface area contributed by atoms with Crippen LogP contribution in [0.15, 0.2) is 0 Å². The monoisotopic (exact) mass is 245 g/mol. The van der Waals surface area contributed by atoms with Gasteiger partial charge in [0, 0.05) is 0 Å². The second kappa shape index (κ2) is 6.43. The topological polar surface area (TPSA) is 184 Å². The van der Waals surface area contributed by atoms with Gasteiger partial charge in [-0.3, -0.25) is 19.2 Å². The molecule has 9 nitrogen and oxygen atoms in total. The summed E-state index contributed by atoms with van der Waals surface area (Å²) in [5.74, 6) is -3.31. The van der Waals surface area contributed by atoms with Crippen molar-refractivity contribution in [3.63, 3.8) is 0 Å². The molecule has 0 aliphatic rings. The Kier molecular flexibility index (Phi) is 5.61. The van der Waals surface area contributed by atoms with Gasteiger partial charge in [0.25, 0.3) is 0 Å². The first kappa shape index (κ1) is 14.8. The van der Waals surface area contributed by atoms with Crippen LogP contribution < -0.4 is 28.3 Å². The number of amides is 4. The molecule has 0 aromatic heterocycles.